The molecule has 0 aliphatic carbocycles. The molecule has 2 fully saturated rings. The van der Waals surface area contributed by atoms with Crippen molar-refractivity contribution in [3.63, 3.8) is 0 Å². The summed E-state index contributed by atoms with van der Waals surface area (Å²) in [4.78, 5) is 141. The van der Waals surface area contributed by atoms with Crippen LogP contribution in [-0.4, -0.2) is 214 Å². The highest BCUT2D eigenvalue weighted by molar-refractivity contribution is 8.13. The number of carboxylic acid groups (broad SMARTS) is 1. The fraction of sp³-hybridized carbons (Fsp3) is 0.395. The molecule has 7 aliphatic rings. The summed E-state index contributed by atoms with van der Waals surface area (Å²) in [7, 11) is 0. The van der Waals surface area contributed by atoms with Gasteiger partial charge in [0.05, 0.1) is 47.9 Å². The normalized spacial score (nSPS) is 27.0. The molecule has 11 bridgehead atoms. The molecule has 6 aromatic rings. The number of thioether (sulfide) groups is 1. The van der Waals surface area contributed by atoms with Crippen molar-refractivity contribution in [1.29, 1.82) is 0 Å². The van der Waals surface area contributed by atoms with E-state index in [-0.39, 0.29) is 35.0 Å². The summed E-state index contributed by atoms with van der Waals surface area (Å²) in [6.45, 7) is 4.30. The van der Waals surface area contributed by atoms with Gasteiger partial charge in [0.1, 0.15) is 108 Å². The number of benzene rings is 6. The smallest absolute Gasteiger partial charge is 0.322 e. The molecule has 22 N–H and O–H groups in total. The van der Waals surface area contributed by atoms with Gasteiger partial charge in [-0.15, -0.1) is 0 Å². The molecule has 620 valence electrons. The van der Waals surface area contributed by atoms with E-state index in [1.807, 2.05) is 6.07 Å². The third kappa shape index (κ3) is 19.7. The van der Waals surface area contributed by atoms with E-state index in [0.29, 0.717) is 24.5 Å². The van der Waals surface area contributed by atoms with Crippen LogP contribution in [0.2, 0.25) is 10.0 Å². The minimum Gasteiger partial charge on any atom is -0.508 e. The summed E-state index contributed by atoms with van der Waals surface area (Å²) in [5.74, 6) is -16.6. The van der Waals surface area contributed by atoms with Crippen molar-refractivity contribution < 1.29 is 132 Å². The Bertz CT molecular complexity index is 4800. The number of amides is 8. The highest BCUT2D eigenvalue weighted by atomic mass is 35.5. The second-order valence-electron chi connectivity index (χ2n) is 28.3. The average molecular weight is 1670 g/mol. The van der Waals surface area contributed by atoms with E-state index >= 15 is 19.2 Å². The molecule has 7 heterocycles. The van der Waals surface area contributed by atoms with Gasteiger partial charge in [-0.05, 0) is 127 Å². The van der Waals surface area contributed by atoms with Crippen LogP contribution in [0.1, 0.15) is 111 Å². The number of primary amides is 1. The number of rotatable bonds is 20. The number of nitrogens with one attached hydrogen (secondary N) is 8. The summed E-state index contributed by atoms with van der Waals surface area (Å²) in [6.07, 6.45) is -18.7. The molecule has 116 heavy (non-hydrogen) atoms. The summed E-state index contributed by atoms with van der Waals surface area (Å²) in [5.41, 5.74) is 8.03. The molecule has 0 saturated carbocycles. The average Bonchev–Trinajstić information content (AvgIpc) is 0.736. The number of phenols is 3. The highest BCUT2D eigenvalue weighted by Crippen LogP contribution is 2.50. The lowest BCUT2D eigenvalue weighted by molar-refractivity contribution is -0.334. The van der Waals surface area contributed by atoms with E-state index < -0.39 is 260 Å². The molecule has 40 heteroatoms. The molecule has 8 amide bonds. The van der Waals surface area contributed by atoms with Crippen LogP contribution >= 0.6 is 35.0 Å². The van der Waals surface area contributed by atoms with E-state index in [1.54, 1.807) is 32.0 Å². The first-order valence-corrected chi connectivity index (χ1v) is 37.9. The van der Waals surface area contributed by atoms with Crippen molar-refractivity contribution in [2.75, 3.05) is 25.5 Å². The van der Waals surface area contributed by atoms with E-state index in [2.05, 4.69) is 42.5 Å². The van der Waals surface area contributed by atoms with Crippen LogP contribution in [0.5, 0.6) is 51.7 Å². The van der Waals surface area contributed by atoms with Crippen molar-refractivity contribution in [1.82, 2.24) is 42.5 Å². The van der Waals surface area contributed by atoms with Gasteiger partial charge >= 0.3 is 5.97 Å². The van der Waals surface area contributed by atoms with Gasteiger partial charge in [-0.3, -0.25) is 47.9 Å². The topological polar surface area (TPSA) is 586 Å². The Morgan fingerprint density at radius 2 is 1.37 bits per heavy atom. The lowest BCUT2D eigenvalue weighted by atomic mass is 9.84. The minimum atomic E-state index is -2.40. The van der Waals surface area contributed by atoms with Crippen LogP contribution in [0.4, 0.5) is 0 Å². The Kier molecular flexibility index (Phi) is 27.2. The number of carbonyl (C=O) groups is 10. The van der Waals surface area contributed by atoms with Gasteiger partial charge in [0.25, 0.3) is 0 Å². The largest absolute Gasteiger partial charge is 0.508 e. The van der Waals surface area contributed by atoms with Gasteiger partial charge in [-0.2, -0.15) is 0 Å². The summed E-state index contributed by atoms with van der Waals surface area (Å²) in [6, 6.07) is 5.61. The zero-order chi connectivity index (χ0) is 84.0. The number of aliphatic hydroxyl groups is 6. The lowest BCUT2D eigenvalue weighted by Crippen LogP contribution is -2.65. The number of ether oxygens (including phenoxy) is 7. The van der Waals surface area contributed by atoms with Crippen molar-refractivity contribution in [3.8, 4) is 62.9 Å². The molecule has 0 spiro atoms. The molecule has 0 aromatic heterocycles. The van der Waals surface area contributed by atoms with Gasteiger partial charge in [-0.1, -0.05) is 65.3 Å². The number of hydrogen-bond acceptors (Lipinski definition) is 29. The first kappa shape index (κ1) is 86.2. The van der Waals surface area contributed by atoms with Crippen LogP contribution in [0, 0.1) is 0 Å². The fourth-order valence-corrected chi connectivity index (χ4v) is 14.6. The summed E-state index contributed by atoms with van der Waals surface area (Å²) < 4.78 is 45.2. The second-order valence-corrected chi connectivity index (χ2v) is 30.3. The molecule has 6 aromatic carbocycles. The van der Waals surface area contributed by atoms with Gasteiger partial charge < -0.3 is 138 Å². The van der Waals surface area contributed by atoms with Gasteiger partial charge in [0.15, 0.2) is 29.0 Å². The molecule has 13 rings (SSSR count). The number of aliphatic hydroxyl groups excluding tert-OH is 6. The van der Waals surface area contributed by atoms with Crippen molar-refractivity contribution >= 4 is 93.3 Å². The number of nitrogens with two attached hydrogens (primary N) is 2. The highest BCUT2D eigenvalue weighted by Gasteiger charge is 2.52. The third-order valence-corrected chi connectivity index (χ3v) is 21.2. The van der Waals surface area contributed by atoms with Crippen molar-refractivity contribution in [2.24, 2.45) is 11.5 Å². The monoisotopic (exact) mass is 1670 g/mol. The molecule has 37 nitrogen and oxygen atoms in total. The van der Waals surface area contributed by atoms with Crippen molar-refractivity contribution in [3.05, 3.63) is 147 Å². The van der Waals surface area contributed by atoms with E-state index in [4.69, 9.17) is 67.8 Å². The number of halogens is 2. The maximum atomic E-state index is 16.2. The minimum absolute atomic E-state index is 0.0214. The molecular weight excluding hydrogens is 1590 g/mol. The third-order valence-electron chi connectivity index (χ3n) is 19.7. The molecule has 0 unspecified atom stereocenters. The first-order valence-electron chi connectivity index (χ1n) is 36.1. The Morgan fingerprint density at radius 3 is 2.01 bits per heavy atom. The number of aromatic hydroxyl groups is 3. The second kappa shape index (κ2) is 36.6. The predicted octanol–water partition coefficient (Wildman–Crippen LogP) is 0.815. The maximum absolute atomic E-state index is 16.2. The van der Waals surface area contributed by atoms with E-state index in [9.17, 15) is 79.8 Å². The standard InChI is InChI=1S/C76H84Cl2N10O27S/c1-30(79)68(102)87-59-61(97)35-10-13-47(42(77)19-35)111-49-21-37-22-50(65(49)115-75-66(64(100)63(99)51(29-89)113-75)114-54-26-76(4,67(101)31(2)110-54)82-27-33-7-5-8-39(17-33)109-15-6-16-116-32(3)90)112-48-14-11-36(20-43(48)78)62(98)60-74(108)86-58(70(104)81-28-53(95)96)41-23-38(91)24-46(93)55(41)40-18-34(9-12-45(40)92)56(71(105)88-60)85-72(106)57(37)84-69(103)44(25-52(80)94)83-73(59)107/h5,7-14,17-24,30-31,44,51,54,56-64,66-67,75,82,89,91-93,97-101H,6,15-16,25-29,79H2,1-4H3,(H2,80,94)(H,81,104)(H,83,107)(H,84,103)(H,85,106)(H,86,108)(H,87,102)(H,88,105)(H,95,96)/t30-,31-,44-,51+,54-,56+,57+,58-,59+,60-,61+,62+,63+,64-,66+,67+,75-,76-/m0/s1. The molecule has 0 radical (unpaired) electrons. The molecular formula is C76H84Cl2N10O27S. The quantitative estimate of drug-likeness (QED) is 0.0470. The first-order chi connectivity index (χ1) is 55.0. The zero-order valence-electron chi connectivity index (χ0n) is 62.0. The molecule has 18 atom stereocenters. The Morgan fingerprint density at radius 1 is 0.724 bits per heavy atom. The number of aliphatic carboxylic acids is 1. The van der Waals surface area contributed by atoms with Gasteiger partial charge in [0.2, 0.25) is 59.3 Å². The lowest BCUT2D eigenvalue weighted by Gasteiger charge is -2.48. The zero-order valence-corrected chi connectivity index (χ0v) is 64.3. The van der Waals surface area contributed by atoms with Crippen LogP contribution in [0.15, 0.2) is 103 Å². The van der Waals surface area contributed by atoms with Crippen LogP contribution in [0.3, 0.4) is 0 Å². The number of carbonyl (C=O) groups excluding carboxylic acids is 9. The van der Waals surface area contributed by atoms with Gasteiger partial charge in [-0.25, -0.2) is 0 Å². The Labute approximate surface area is 673 Å². The molecule has 7 aliphatic heterocycles. The SMILES string of the molecule is CC(=O)SCCCOc1cccc(CN[C@@]2(C)C[C@H](O[C@H]3[C@H](Oc4c5cc6cc4Oc4ccc(cc4Cl)[C@@H](O)[C@@H](NC(=O)[C@H](C)N)C(=O)N[C@@H](CC(N)=O)C(=O)N[C@H]6C(=O)N[C@H]4C(=O)N[C@H](C(=O)N[C@H](C(=O)NCC(=O)O)c6cc(O)cc(O)c6-c6cc4ccc6O)[C@H](O)c4ccc(c(Cl)c4)O5)O[C@H](CO)[C@@H](O)[C@@H]3O)O[C@@H](C)[C@H]2O)c1. The van der Waals surface area contributed by atoms with Gasteiger partial charge in [0, 0.05) is 48.4 Å². The fourth-order valence-electron chi connectivity index (χ4n) is 13.6. The number of carboxylic acids is 1. The van der Waals surface area contributed by atoms with Crippen LogP contribution in [-0.2, 0) is 68.7 Å². The number of hydrogen-bond donors (Lipinski definition) is 20. The predicted molar refractivity (Wildman–Crippen MR) is 406 cm³/mol. The van der Waals surface area contributed by atoms with E-state index in [1.165, 1.54) is 31.7 Å². The van der Waals surface area contributed by atoms with E-state index in [0.717, 1.165) is 78.4 Å². The number of phenolic OH excluding ortho intramolecular Hbond substituents is 3. The maximum Gasteiger partial charge on any atom is 0.322 e. The Hall–Kier alpha value is -10.7. The summed E-state index contributed by atoms with van der Waals surface area (Å²) >= 11 is 15.4. The Balaban J connectivity index is 1.10. The number of fused-ring (bicyclic) bond motifs is 15. The van der Waals surface area contributed by atoms with Crippen LogP contribution in [0.25, 0.3) is 11.1 Å². The molecule has 2 saturated heterocycles. The van der Waals surface area contributed by atoms with Crippen LogP contribution < -0.4 is 72.9 Å². The van der Waals surface area contributed by atoms with Crippen molar-refractivity contribution in [2.45, 2.75) is 163 Å². The summed E-state index contributed by atoms with van der Waals surface area (Å²) in [5, 5.41) is 134.